The number of pyridine rings is 1. The Bertz CT molecular complexity index is 491. The van der Waals surface area contributed by atoms with Crippen molar-refractivity contribution in [3.8, 4) is 0 Å². The van der Waals surface area contributed by atoms with Crippen molar-refractivity contribution in [1.82, 2.24) is 4.98 Å². The summed E-state index contributed by atoms with van der Waals surface area (Å²) < 4.78 is 0. The van der Waals surface area contributed by atoms with Crippen LogP contribution < -0.4 is 5.84 Å². The van der Waals surface area contributed by atoms with Gasteiger partial charge in [-0.3, -0.25) is 4.98 Å². The summed E-state index contributed by atoms with van der Waals surface area (Å²) in [4.78, 5) is 4.03. The van der Waals surface area contributed by atoms with Gasteiger partial charge in [-0.1, -0.05) is 23.7 Å². The van der Waals surface area contributed by atoms with E-state index in [0.717, 1.165) is 11.1 Å². The highest BCUT2D eigenvalue weighted by Gasteiger charge is 2.06. The van der Waals surface area contributed by atoms with Crippen LogP contribution in [0, 0.1) is 0 Å². The molecule has 0 radical (unpaired) electrons. The first kappa shape index (κ1) is 10.6. The highest BCUT2D eigenvalue weighted by atomic mass is 35.5. The molecule has 0 amide bonds. The first-order chi connectivity index (χ1) is 7.81. The maximum absolute atomic E-state index is 5.82. The van der Waals surface area contributed by atoms with E-state index in [9.17, 15) is 0 Å². The summed E-state index contributed by atoms with van der Waals surface area (Å²) in [5, 5.41) is 4.48. The average Bonchev–Trinajstić information content (AvgIpc) is 2.34. The van der Waals surface area contributed by atoms with Crippen LogP contribution in [0.15, 0.2) is 53.9 Å². The summed E-state index contributed by atoms with van der Waals surface area (Å²) in [6, 6.07) is 11.1. The van der Waals surface area contributed by atoms with Gasteiger partial charge in [0.05, 0.1) is 5.71 Å². The zero-order chi connectivity index (χ0) is 11.4. The normalized spacial score (nSPS) is 11.4. The number of nitrogens with zero attached hydrogens (tertiary/aromatic N) is 2. The molecule has 2 rings (SSSR count). The average molecular weight is 232 g/mol. The molecular formula is C12H10ClN3. The number of benzene rings is 1. The van der Waals surface area contributed by atoms with Crippen molar-refractivity contribution in [2.24, 2.45) is 10.9 Å². The van der Waals surface area contributed by atoms with Crippen LogP contribution in [0.1, 0.15) is 11.1 Å². The summed E-state index contributed by atoms with van der Waals surface area (Å²) in [6.45, 7) is 0. The van der Waals surface area contributed by atoms with Crippen LogP contribution in [0.4, 0.5) is 0 Å². The molecule has 0 spiro atoms. The van der Waals surface area contributed by atoms with Gasteiger partial charge < -0.3 is 5.84 Å². The van der Waals surface area contributed by atoms with Gasteiger partial charge in [0.15, 0.2) is 0 Å². The number of hydrogen-bond donors (Lipinski definition) is 1. The molecule has 1 aromatic heterocycles. The Morgan fingerprint density at radius 3 is 2.44 bits per heavy atom. The Morgan fingerprint density at radius 1 is 1.12 bits per heavy atom. The Morgan fingerprint density at radius 2 is 1.88 bits per heavy atom. The molecule has 0 fully saturated rings. The predicted molar refractivity (Wildman–Crippen MR) is 65.5 cm³/mol. The van der Waals surface area contributed by atoms with Gasteiger partial charge in [0.2, 0.25) is 0 Å². The zero-order valence-corrected chi connectivity index (χ0v) is 9.22. The lowest BCUT2D eigenvalue weighted by atomic mass is 10.0. The minimum Gasteiger partial charge on any atom is -0.323 e. The van der Waals surface area contributed by atoms with E-state index in [1.54, 1.807) is 24.5 Å². The van der Waals surface area contributed by atoms with E-state index < -0.39 is 0 Å². The molecule has 4 heteroatoms. The maximum atomic E-state index is 5.82. The zero-order valence-electron chi connectivity index (χ0n) is 8.47. The maximum Gasteiger partial charge on any atom is 0.0986 e. The van der Waals surface area contributed by atoms with Crippen molar-refractivity contribution < 1.29 is 0 Å². The molecule has 0 saturated carbocycles. The van der Waals surface area contributed by atoms with E-state index in [0.29, 0.717) is 10.7 Å². The molecule has 3 nitrogen and oxygen atoms in total. The second-order valence-electron chi connectivity index (χ2n) is 3.23. The van der Waals surface area contributed by atoms with E-state index in [1.165, 1.54) is 0 Å². The van der Waals surface area contributed by atoms with Gasteiger partial charge in [0, 0.05) is 28.5 Å². The SMILES string of the molecule is NN=C(c1ccc(Cl)cc1)c1cccnc1. The summed E-state index contributed by atoms with van der Waals surface area (Å²) in [7, 11) is 0. The fourth-order valence-electron chi connectivity index (χ4n) is 1.43. The van der Waals surface area contributed by atoms with Crippen LogP contribution in [-0.2, 0) is 0 Å². The molecule has 1 heterocycles. The largest absolute Gasteiger partial charge is 0.323 e. The highest BCUT2D eigenvalue weighted by molar-refractivity contribution is 6.30. The summed E-state index contributed by atoms with van der Waals surface area (Å²) in [5.74, 6) is 5.40. The van der Waals surface area contributed by atoms with Gasteiger partial charge in [0.1, 0.15) is 0 Å². The second kappa shape index (κ2) is 4.77. The van der Waals surface area contributed by atoms with Crippen LogP contribution in [0.25, 0.3) is 0 Å². The first-order valence-electron chi connectivity index (χ1n) is 4.75. The molecule has 80 valence electrons. The van der Waals surface area contributed by atoms with Crippen LogP contribution in [0.5, 0.6) is 0 Å². The van der Waals surface area contributed by atoms with Gasteiger partial charge >= 0.3 is 0 Å². The Hall–Kier alpha value is -1.87. The van der Waals surface area contributed by atoms with Gasteiger partial charge in [-0.15, -0.1) is 0 Å². The van der Waals surface area contributed by atoms with E-state index in [1.807, 2.05) is 24.3 Å². The minimum atomic E-state index is 0.686. The number of halogens is 1. The van der Waals surface area contributed by atoms with E-state index in [4.69, 9.17) is 17.4 Å². The van der Waals surface area contributed by atoms with E-state index in [-0.39, 0.29) is 0 Å². The molecular weight excluding hydrogens is 222 g/mol. The van der Waals surface area contributed by atoms with Crippen molar-refractivity contribution >= 4 is 17.3 Å². The smallest absolute Gasteiger partial charge is 0.0986 e. The van der Waals surface area contributed by atoms with Crippen LogP contribution in [0.3, 0.4) is 0 Å². The van der Waals surface area contributed by atoms with Crippen LogP contribution >= 0.6 is 11.6 Å². The lowest BCUT2D eigenvalue weighted by Gasteiger charge is -2.04. The number of nitrogens with two attached hydrogens (primary N) is 1. The van der Waals surface area contributed by atoms with Crippen molar-refractivity contribution in [3.05, 3.63) is 64.9 Å². The highest BCUT2D eigenvalue weighted by Crippen LogP contribution is 2.13. The van der Waals surface area contributed by atoms with Gasteiger partial charge in [-0.05, 0) is 24.3 Å². The van der Waals surface area contributed by atoms with E-state index >= 15 is 0 Å². The predicted octanol–water partition coefficient (Wildman–Crippen LogP) is 2.45. The second-order valence-corrected chi connectivity index (χ2v) is 3.66. The molecule has 16 heavy (non-hydrogen) atoms. The third-order valence-electron chi connectivity index (χ3n) is 2.18. The lowest BCUT2D eigenvalue weighted by molar-refractivity contribution is 1.23. The van der Waals surface area contributed by atoms with Gasteiger partial charge in [-0.25, -0.2) is 0 Å². The number of aromatic nitrogens is 1. The number of hydrazone groups is 1. The molecule has 0 saturated heterocycles. The van der Waals surface area contributed by atoms with Crippen molar-refractivity contribution in [2.45, 2.75) is 0 Å². The number of hydrogen-bond acceptors (Lipinski definition) is 3. The molecule has 0 aliphatic rings. The molecule has 0 unspecified atom stereocenters. The first-order valence-corrected chi connectivity index (χ1v) is 5.13. The fourth-order valence-corrected chi connectivity index (χ4v) is 1.55. The standard InChI is InChI=1S/C12H10ClN3/c13-11-5-3-9(4-6-11)12(16-14)10-2-1-7-15-8-10/h1-8H,14H2. The van der Waals surface area contributed by atoms with Crippen molar-refractivity contribution in [2.75, 3.05) is 0 Å². The lowest BCUT2D eigenvalue weighted by Crippen LogP contribution is -2.06. The third kappa shape index (κ3) is 2.20. The van der Waals surface area contributed by atoms with E-state index in [2.05, 4.69) is 10.1 Å². The monoisotopic (exact) mass is 231 g/mol. The molecule has 1 aromatic carbocycles. The summed E-state index contributed by atoms with van der Waals surface area (Å²) in [5.41, 5.74) is 2.50. The molecule has 2 aromatic rings. The van der Waals surface area contributed by atoms with Crippen molar-refractivity contribution in [3.63, 3.8) is 0 Å². The molecule has 0 aliphatic carbocycles. The summed E-state index contributed by atoms with van der Waals surface area (Å²) >= 11 is 5.82. The topological polar surface area (TPSA) is 51.3 Å². The van der Waals surface area contributed by atoms with Crippen molar-refractivity contribution in [1.29, 1.82) is 0 Å². The quantitative estimate of drug-likeness (QED) is 0.490. The summed E-state index contributed by atoms with van der Waals surface area (Å²) in [6.07, 6.45) is 3.43. The fraction of sp³-hybridized carbons (Fsp3) is 0. The molecule has 0 aliphatic heterocycles. The molecule has 2 N–H and O–H groups in total. The Balaban J connectivity index is 2.42. The molecule has 0 bridgehead atoms. The minimum absolute atomic E-state index is 0.686. The van der Waals surface area contributed by atoms with Crippen LogP contribution in [0.2, 0.25) is 5.02 Å². The Kier molecular flexibility index (Phi) is 3.17. The van der Waals surface area contributed by atoms with Gasteiger partial charge in [-0.2, -0.15) is 5.10 Å². The number of rotatable bonds is 2. The van der Waals surface area contributed by atoms with Crippen LogP contribution in [-0.4, -0.2) is 10.7 Å². The third-order valence-corrected chi connectivity index (χ3v) is 2.43. The Labute approximate surface area is 98.6 Å². The molecule has 0 atom stereocenters. The van der Waals surface area contributed by atoms with Gasteiger partial charge in [0.25, 0.3) is 0 Å².